The van der Waals surface area contributed by atoms with E-state index in [1.807, 2.05) is 21.9 Å². The van der Waals surface area contributed by atoms with Gasteiger partial charge >= 0.3 is 12.1 Å². The largest absolute Gasteiger partial charge is 0.465 e. The quantitative estimate of drug-likeness (QED) is 0.313. The molecule has 6 heterocycles. The lowest BCUT2D eigenvalue weighted by molar-refractivity contribution is -0.150. The molecule has 2 fully saturated rings. The van der Waals surface area contributed by atoms with E-state index in [4.69, 9.17) is 0 Å². The van der Waals surface area contributed by atoms with E-state index in [2.05, 4.69) is 59.6 Å². The molecule has 45 heavy (non-hydrogen) atoms. The summed E-state index contributed by atoms with van der Waals surface area (Å²) in [4.78, 5) is 50.9. The fraction of sp³-hybridized carbons (Fsp3) is 0.529. The highest BCUT2D eigenvalue weighted by atomic mass is 32.1. The maximum Gasteiger partial charge on any atom is 0.407 e. The van der Waals surface area contributed by atoms with Crippen molar-refractivity contribution in [2.45, 2.75) is 59.0 Å². The first kappa shape index (κ1) is 31.3. The number of carbonyl (C=O) groups is 3. The van der Waals surface area contributed by atoms with E-state index in [1.54, 1.807) is 23.6 Å². The molecule has 10 nitrogen and oxygen atoms in total. The Morgan fingerprint density at radius 1 is 1.18 bits per heavy atom. The zero-order valence-corrected chi connectivity index (χ0v) is 27.3. The van der Waals surface area contributed by atoms with Crippen LogP contribution in [0.2, 0.25) is 0 Å². The summed E-state index contributed by atoms with van der Waals surface area (Å²) >= 11 is 1.77. The average molecular weight is 633 g/mol. The molecule has 0 bridgehead atoms. The maximum absolute atomic E-state index is 13.0. The number of hydrogen-bond acceptors (Lipinski definition) is 6. The molecule has 1 spiro atoms. The monoisotopic (exact) mass is 632 g/mol. The minimum atomic E-state index is -0.831. The lowest BCUT2D eigenvalue weighted by Gasteiger charge is -2.64. The molecule has 4 aliphatic heterocycles. The summed E-state index contributed by atoms with van der Waals surface area (Å²) in [5, 5.41) is 14.4. The van der Waals surface area contributed by atoms with Gasteiger partial charge < -0.3 is 19.8 Å². The van der Waals surface area contributed by atoms with Crippen molar-refractivity contribution in [3.05, 3.63) is 63.5 Å². The molecule has 2 aromatic rings. The summed E-state index contributed by atoms with van der Waals surface area (Å²) < 4.78 is 0. The van der Waals surface area contributed by atoms with Crippen LogP contribution in [0.5, 0.6) is 0 Å². The van der Waals surface area contributed by atoms with Crippen molar-refractivity contribution >= 4 is 41.3 Å². The molecular weight excluding hydrogens is 588 g/mol. The number of amides is 4. The van der Waals surface area contributed by atoms with E-state index in [-0.39, 0.29) is 22.8 Å². The third-order valence-corrected chi connectivity index (χ3v) is 10.7. The average Bonchev–Trinajstić information content (AvgIpc) is 3.51. The van der Waals surface area contributed by atoms with Gasteiger partial charge in [-0.1, -0.05) is 38.5 Å². The van der Waals surface area contributed by atoms with Gasteiger partial charge in [-0.2, -0.15) is 0 Å². The van der Waals surface area contributed by atoms with Crippen molar-refractivity contribution in [2.75, 3.05) is 51.1 Å². The Balaban J connectivity index is 1.03. The van der Waals surface area contributed by atoms with Crippen LogP contribution < -0.4 is 5.32 Å². The number of pyridine rings is 1. The predicted octanol–water partition coefficient (Wildman–Crippen LogP) is 5.40. The lowest BCUT2D eigenvalue weighted by atomic mass is 9.57. The summed E-state index contributed by atoms with van der Waals surface area (Å²) in [6.07, 6.45) is 10.1. The molecule has 2 N–H and O–H groups in total. The first-order chi connectivity index (χ1) is 21.5. The summed E-state index contributed by atoms with van der Waals surface area (Å²) in [6, 6.07) is 6.41. The van der Waals surface area contributed by atoms with Crippen molar-refractivity contribution in [1.82, 2.24) is 24.6 Å². The highest BCUT2D eigenvalue weighted by Gasteiger charge is 2.57. The van der Waals surface area contributed by atoms with Crippen LogP contribution in [0, 0.1) is 10.8 Å². The fourth-order valence-corrected chi connectivity index (χ4v) is 8.59. The van der Waals surface area contributed by atoms with Crippen LogP contribution in [-0.4, -0.2) is 99.6 Å². The summed E-state index contributed by atoms with van der Waals surface area (Å²) in [6.45, 7) is 12.0. The van der Waals surface area contributed by atoms with E-state index in [0.29, 0.717) is 44.6 Å². The number of piperidine rings is 1. The molecule has 4 amide bonds. The first-order valence-corrected chi connectivity index (χ1v) is 16.8. The Hall–Kier alpha value is -3.70. The number of aromatic nitrogens is 1. The first-order valence-electron chi connectivity index (χ1n) is 15.9. The van der Waals surface area contributed by atoms with Crippen LogP contribution in [0.3, 0.4) is 0 Å². The number of nitrogens with zero attached hydrogens (tertiary/aromatic N) is 5. The van der Waals surface area contributed by atoms with E-state index in [9.17, 15) is 19.5 Å². The predicted molar refractivity (Wildman–Crippen MR) is 176 cm³/mol. The van der Waals surface area contributed by atoms with Crippen LogP contribution in [0.1, 0.15) is 56.0 Å². The minimum absolute atomic E-state index is 0.0107. The van der Waals surface area contributed by atoms with Crippen LogP contribution in [0.15, 0.2) is 47.5 Å². The van der Waals surface area contributed by atoms with Crippen LogP contribution in [-0.2, 0) is 17.8 Å². The zero-order chi connectivity index (χ0) is 31.8. The van der Waals surface area contributed by atoms with Crippen LogP contribution in [0.25, 0.3) is 6.08 Å². The summed E-state index contributed by atoms with van der Waals surface area (Å²) in [7, 11) is 0. The van der Waals surface area contributed by atoms with Gasteiger partial charge in [-0.15, -0.1) is 11.3 Å². The topological polar surface area (TPSA) is 109 Å². The van der Waals surface area contributed by atoms with Gasteiger partial charge in [-0.25, -0.2) is 14.6 Å². The van der Waals surface area contributed by atoms with E-state index >= 15 is 0 Å². The van der Waals surface area contributed by atoms with Crippen molar-refractivity contribution in [1.29, 1.82) is 0 Å². The maximum atomic E-state index is 13.0. The van der Waals surface area contributed by atoms with E-state index in [1.165, 1.54) is 15.4 Å². The second-order valence-electron chi connectivity index (χ2n) is 14.0. The molecule has 240 valence electrons. The molecule has 0 aromatic carbocycles. The van der Waals surface area contributed by atoms with Gasteiger partial charge in [0.2, 0.25) is 5.91 Å². The third-order valence-electron chi connectivity index (χ3n) is 9.85. The third kappa shape index (κ3) is 6.79. The molecule has 11 heteroatoms. The number of likely N-dealkylation sites (tertiary alicyclic amines) is 2. The number of fused-ring (bicyclic) bond motifs is 1. The number of thiophene rings is 1. The Morgan fingerprint density at radius 2 is 1.98 bits per heavy atom. The van der Waals surface area contributed by atoms with E-state index in [0.717, 1.165) is 56.4 Å². The summed E-state index contributed by atoms with van der Waals surface area (Å²) in [5.74, 6) is 0.559. The second kappa shape index (κ2) is 12.6. The van der Waals surface area contributed by atoms with Gasteiger partial charge in [-0.05, 0) is 53.8 Å². The van der Waals surface area contributed by atoms with Crippen molar-refractivity contribution < 1.29 is 19.5 Å². The Morgan fingerprint density at radius 3 is 2.64 bits per heavy atom. The van der Waals surface area contributed by atoms with E-state index < -0.39 is 6.09 Å². The molecule has 1 atom stereocenters. The number of nitrogens with one attached hydrogen (secondary N) is 1. The summed E-state index contributed by atoms with van der Waals surface area (Å²) in [5.41, 5.74) is 3.31. The Labute approximate surface area is 269 Å². The number of carbonyl (C=O) groups excluding carboxylic acids is 2. The smallest absolute Gasteiger partial charge is 0.407 e. The van der Waals surface area contributed by atoms with Gasteiger partial charge in [-0.3, -0.25) is 15.0 Å². The SMILES string of the molecule is CC(C)(C)C1N(CCN2Cc3cc(C=CC(=O)N4CC=C(Cc5cccs5)CC4)cnc3NC2=O)CC12CCN(C(=O)O)CC2. The van der Waals surface area contributed by atoms with Crippen molar-refractivity contribution in [2.24, 2.45) is 10.8 Å². The number of urea groups is 1. The number of anilines is 1. The molecular formula is C34H44N6O4S. The van der Waals surface area contributed by atoms with Gasteiger partial charge in [0.1, 0.15) is 5.82 Å². The number of carboxylic acid groups (broad SMARTS) is 1. The minimum Gasteiger partial charge on any atom is -0.465 e. The molecule has 0 saturated carbocycles. The molecule has 2 saturated heterocycles. The normalized spacial score (nSPS) is 21.8. The highest BCUT2D eigenvalue weighted by Crippen LogP contribution is 2.52. The zero-order valence-electron chi connectivity index (χ0n) is 26.5. The van der Waals surface area contributed by atoms with Crippen molar-refractivity contribution in [3.63, 3.8) is 0 Å². The standard InChI is InChI=1S/C34H44N6O4S/c1-33(2,3)30-34(10-14-38(15-11-34)32(43)44)23-40(30)17-16-39-22-26-19-25(21-35-29(26)36-31(39)42)6-7-28(41)37-12-8-24(9-13-37)20-27-5-4-18-45-27/h4-8,18-19,21,30H,9-17,20,22-23H2,1-3H3,(H,43,44)(H,35,36,42). The Kier molecular flexibility index (Phi) is 8.76. The molecule has 0 aliphatic carbocycles. The fourth-order valence-electron chi connectivity index (χ4n) is 7.83. The van der Waals surface area contributed by atoms with Crippen LogP contribution >= 0.6 is 11.3 Å². The van der Waals surface area contributed by atoms with Gasteiger partial charge in [0.25, 0.3) is 0 Å². The van der Waals surface area contributed by atoms with Crippen molar-refractivity contribution in [3.8, 4) is 0 Å². The number of rotatable bonds is 7. The Bertz CT molecular complexity index is 1490. The number of hydrogen-bond donors (Lipinski definition) is 2. The molecule has 0 radical (unpaired) electrons. The van der Waals surface area contributed by atoms with Gasteiger partial charge in [0.15, 0.2) is 0 Å². The lowest BCUT2D eigenvalue weighted by Crippen LogP contribution is -2.72. The van der Waals surface area contributed by atoms with Gasteiger partial charge in [0, 0.05) is 86.4 Å². The molecule has 4 aliphatic rings. The highest BCUT2D eigenvalue weighted by molar-refractivity contribution is 7.09. The van der Waals surface area contributed by atoms with Crippen LogP contribution in [0.4, 0.5) is 15.4 Å². The second-order valence-corrected chi connectivity index (χ2v) is 15.0. The molecule has 2 aromatic heterocycles. The van der Waals surface area contributed by atoms with Gasteiger partial charge in [0.05, 0.1) is 6.54 Å². The molecule has 6 rings (SSSR count). The molecule has 1 unspecified atom stereocenters.